The normalized spacial score (nSPS) is 16.1. The second-order valence-electron chi connectivity index (χ2n) is 9.56. The Bertz CT molecular complexity index is 1240. The second kappa shape index (κ2) is 10.1. The molecule has 0 amide bonds. The van der Waals surface area contributed by atoms with Crippen LogP contribution in [0.5, 0.6) is 5.75 Å². The van der Waals surface area contributed by atoms with E-state index in [4.69, 9.17) is 9.47 Å². The van der Waals surface area contributed by atoms with Gasteiger partial charge in [-0.2, -0.15) is 0 Å². The Balaban J connectivity index is 1.38. The molecule has 7 nitrogen and oxygen atoms in total. The quantitative estimate of drug-likeness (QED) is 0.169. The van der Waals surface area contributed by atoms with E-state index in [1.54, 1.807) is 0 Å². The van der Waals surface area contributed by atoms with Gasteiger partial charge in [0.05, 0.1) is 17.6 Å². The van der Waals surface area contributed by atoms with Crippen molar-refractivity contribution in [2.75, 3.05) is 26.2 Å². The molecule has 1 aliphatic carbocycles. The molecular weight excluding hydrogens is 456 g/mol. The van der Waals surface area contributed by atoms with Gasteiger partial charge in [0, 0.05) is 23.7 Å². The molecule has 1 saturated heterocycles. The SMILES string of the molecule is CC1(OC(=O)c2ccc([N+](=O)[O-])cc2OCCCN2CCCCC2)c2ccccc2-c2ccccc21. The van der Waals surface area contributed by atoms with Gasteiger partial charge in [0.15, 0.2) is 5.60 Å². The fraction of sp³-hybridized carbons (Fsp3) is 0.345. The van der Waals surface area contributed by atoms with Gasteiger partial charge >= 0.3 is 5.97 Å². The van der Waals surface area contributed by atoms with Crippen molar-refractivity contribution < 1.29 is 19.2 Å². The number of rotatable bonds is 8. The summed E-state index contributed by atoms with van der Waals surface area (Å²) in [6.45, 7) is 5.34. The Morgan fingerprint density at radius 3 is 2.25 bits per heavy atom. The Hall–Kier alpha value is -3.71. The molecule has 1 heterocycles. The van der Waals surface area contributed by atoms with Crippen LogP contribution in [0.1, 0.15) is 54.1 Å². The van der Waals surface area contributed by atoms with Gasteiger partial charge in [-0.1, -0.05) is 55.0 Å². The monoisotopic (exact) mass is 486 g/mol. The maximum absolute atomic E-state index is 13.5. The Morgan fingerprint density at radius 1 is 0.972 bits per heavy atom. The molecule has 1 aliphatic heterocycles. The van der Waals surface area contributed by atoms with E-state index in [1.165, 1.54) is 37.5 Å². The van der Waals surface area contributed by atoms with E-state index < -0.39 is 16.5 Å². The predicted octanol–water partition coefficient (Wildman–Crippen LogP) is 5.95. The summed E-state index contributed by atoms with van der Waals surface area (Å²) in [7, 11) is 0. The van der Waals surface area contributed by atoms with Gasteiger partial charge in [-0.15, -0.1) is 0 Å². The molecule has 0 N–H and O–H groups in total. The van der Waals surface area contributed by atoms with E-state index in [0.29, 0.717) is 6.61 Å². The number of carbonyl (C=O) groups is 1. The van der Waals surface area contributed by atoms with Crippen LogP contribution in [0.15, 0.2) is 66.7 Å². The first kappa shape index (κ1) is 24.0. The number of nitrogens with zero attached hydrogens (tertiary/aromatic N) is 2. The summed E-state index contributed by atoms with van der Waals surface area (Å²) in [6, 6.07) is 19.8. The highest BCUT2D eigenvalue weighted by molar-refractivity contribution is 5.94. The number of nitro groups is 1. The topological polar surface area (TPSA) is 81.9 Å². The standard InChI is InChI=1S/C29H30N2O5/c1-29(25-12-5-3-10-22(25)23-11-4-6-13-26(23)29)36-28(32)24-15-14-21(31(33)34)20-27(24)35-19-9-18-30-16-7-2-8-17-30/h3-6,10-15,20H,2,7-9,16-19H2,1H3. The molecule has 36 heavy (non-hydrogen) atoms. The number of carbonyl (C=O) groups excluding carboxylic acids is 1. The molecule has 7 heteroatoms. The number of piperidine rings is 1. The van der Waals surface area contributed by atoms with Crippen molar-refractivity contribution in [2.45, 2.75) is 38.2 Å². The first-order chi connectivity index (χ1) is 17.5. The minimum atomic E-state index is -0.989. The summed E-state index contributed by atoms with van der Waals surface area (Å²) < 4.78 is 12.1. The molecule has 0 radical (unpaired) electrons. The van der Waals surface area contributed by atoms with Gasteiger partial charge in [-0.05, 0) is 56.5 Å². The first-order valence-corrected chi connectivity index (χ1v) is 12.5. The predicted molar refractivity (Wildman–Crippen MR) is 137 cm³/mol. The minimum Gasteiger partial charge on any atom is -0.492 e. The average Bonchev–Trinajstić information content (AvgIpc) is 3.15. The van der Waals surface area contributed by atoms with Crippen LogP contribution in [0.4, 0.5) is 5.69 Å². The van der Waals surface area contributed by atoms with Crippen molar-refractivity contribution in [2.24, 2.45) is 0 Å². The summed E-state index contributed by atoms with van der Waals surface area (Å²) in [5.41, 5.74) is 2.94. The summed E-state index contributed by atoms with van der Waals surface area (Å²) in [6.07, 6.45) is 4.48. The lowest BCUT2D eigenvalue weighted by Crippen LogP contribution is -2.31. The van der Waals surface area contributed by atoms with Crippen LogP contribution in [-0.2, 0) is 10.3 Å². The highest BCUT2D eigenvalue weighted by atomic mass is 16.6. The van der Waals surface area contributed by atoms with Gasteiger partial charge in [-0.25, -0.2) is 4.79 Å². The van der Waals surface area contributed by atoms with E-state index >= 15 is 0 Å². The fourth-order valence-electron chi connectivity index (χ4n) is 5.33. The van der Waals surface area contributed by atoms with Gasteiger partial charge in [0.2, 0.25) is 0 Å². The third kappa shape index (κ3) is 4.58. The number of non-ortho nitro benzene ring substituents is 1. The van der Waals surface area contributed by atoms with E-state index in [0.717, 1.165) is 48.3 Å². The van der Waals surface area contributed by atoms with E-state index in [2.05, 4.69) is 4.90 Å². The van der Waals surface area contributed by atoms with Crippen LogP contribution in [0, 0.1) is 10.1 Å². The summed E-state index contributed by atoms with van der Waals surface area (Å²) in [5.74, 6) is -0.402. The Morgan fingerprint density at radius 2 is 1.61 bits per heavy atom. The largest absolute Gasteiger partial charge is 0.492 e. The molecular formula is C29H30N2O5. The molecule has 5 rings (SSSR count). The van der Waals surface area contributed by atoms with E-state index in [9.17, 15) is 14.9 Å². The van der Waals surface area contributed by atoms with Crippen molar-refractivity contribution in [3.05, 3.63) is 93.5 Å². The molecule has 1 fully saturated rings. The number of hydrogen-bond donors (Lipinski definition) is 0. The zero-order valence-electron chi connectivity index (χ0n) is 20.4. The summed E-state index contributed by atoms with van der Waals surface area (Å²) in [4.78, 5) is 26.9. The fourth-order valence-corrected chi connectivity index (χ4v) is 5.33. The summed E-state index contributed by atoms with van der Waals surface area (Å²) in [5, 5.41) is 11.4. The highest BCUT2D eigenvalue weighted by Crippen LogP contribution is 2.49. The number of esters is 1. The Labute approximate surface area is 210 Å². The van der Waals surface area contributed by atoms with Crippen LogP contribution in [0.2, 0.25) is 0 Å². The molecule has 0 aromatic heterocycles. The molecule has 0 spiro atoms. The zero-order chi connectivity index (χ0) is 25.1. The molecule has 0 bridgehead atoms. The molecule has 0 atom stereocenters. The maximum atomic E-state index is 13.5. The van der Waals surface area contributed by atoms with Crippen LogP contribution < -0.4 is 4.74 Å². The van der Waals surface area contributed by atoms with Gasteiger partial charge in [-0.3, -0.25) is 10.1 Å². The molecule has 3 aromatic carbocycles. The van der Waals surface area contributed by atoms with Crippen LogP contribution >= 0.6 is 0 Å². The number of ether oxygens (including phenoxy) is 2. The van der Waals surface area contributed by atoms with Crippen molar-refractivity contribution in [1.82, 2.24) is 4.90 Å². The molecule has 3 aromatic rings. The second-order valence-corrected chi connectivity index (χ2v) is 9.56. The summed E-state index contributed by atoms with van der Waals surface area (Å²) >= 11 is 0. The maximum Gasteiger partial charge on any atom is 0.343 e. The van der Waals surface area contributed by atoms with Crippen LogP contribution in [0.3, 0.4) is 0 Å². The average molecular weight is 487 g/mol. The third-order valence-electron chi connectivity index (χ3n) is 7.19. The molecule has 186 valence electrons. The zero-order valence-corrected chi connectivity index (χ0v) is 20.4. The van der Waals surface area contributed by atoms with Crippen molar-refractivity contribution >= 4 is 11.7 Å². The smallest absolute Gasteiger partial charge is 0.343 e. The van der Waals surface area contributed by atoms with Crippen molar-refractivity contribution in [3.8, 4) is 16.9 Å². The van der Waals surface area contributed by atoms with Crippen LogP contribution in [0.25, 0.3) is 11.1 Å². The lowest BCUT2D eigenvalue weighted by Gasteiger charge is -2.28. The van der Waals surface area contributed by atoms with Gasteiger partial charge in [0.25, 0.3) is 5.69 Å². The van der Waals surface area contributed by atoms with Crippen molar-refractivity contribution in [1.29, 1.82) is 0 Å². The number of nitro benzene ring substituents is 1. The van der Waals surface area contributed by atoms with E-state index in [1.807, 2.05) is 55.5 Å². The lowest BCUT2D eigenvalue weighted by atomic mass is 9.93. The molecule has 0 saturated carbocycles. The van der Waals surface area contributed by atoms with Gasteiger partial charge in [0.1, 0.15) is 11.3 Å². The Kier molecular flexibility index (Phi) is 6.74. The molecule has 2 aliphatic rings. The number of benzene rings is 3. The highest BCUT2D eigenvalue weighted by Gasteiger charge is 2.43. The third-order valence-corrected chi connectivity index (χ3v) is 7.19. The van der Waals surface area contributed by atoms with Crippen LogP contribution in [-0.4, -0.2) is 42.0 Å². The van der Waals surface area contributed by atoms with E-state index in [-0.39, 0.29) is 17.0 Å². The number of hydrogen-bond acceptors (Lipinski definition) is 6. The number of fused-ring (bicyclic) bond motifs is 3. The minimum absolute atomic E-state index is 0.125. The molecule has 0 unspecified atom stereocenters. The number of likely N-dealkylation sites (tertiary alicyclic amines) is 1. The first-order valence-electron chi connectivity index (χ1n) is 12.5. The van der Waals surface area contributed by atoms with Crippen molar-refractivity contribution in [3.63, 3.8) is 0 Å². The van der Waals surface area contributed by atoms with Gasteiger partial charge < -0.3 is 14.4 Å². The lowest BCUT2D eigenvalue weighted by molar-refractivity contribution is -0.384.